The number of ether oxygens (including phenoxy) is 6. The number of benzene rings is 4. The SMILES string of the molecule is COc1cccc2c1C(=O)c1c(O)c3c(c(O)c1C2=O)C[C@@](O)(C(C)=O)C[C@@H]3O[C@H]1C[C@H](n2cc(C(=O)N[C@H]3C[C@H](O[C@H]4C[C@](O)(C(C)=O)Cc5c(O)c6c(c(O)c54)C(=O)c4c(OC)cccc4C6=O)O[C@@H](C)[C@H]3O)nn2)[C@H](O)[C@H](C)O1. The van der Waals surface area contributed by atoms with Crippen LogP contribution in [0.2, 0.25) is 0 Å². The molecule has 0 unspecified atom stereocenters. The Kier molecular flexibility index (Phi) is 13.7. The first-order valence-corrected chi connectivity index (χ1v) is 26.2. The Morgan fingerprint density at radius 2 is 1.07 bits per heavy atom. The quantitative estimate of drug-likeness (QED) is 0.0839. The van der Waals surface area contributed by atoms with Gasteiger partial charge < -0.3 is 74.6 Å². The maximum Gasteiger partial charge on any atom is 0.273 e. The van der Waals surface area contributed by atoms with E-state index in [2.05, 4.69) is 15.6 Å². The number of aliphatic hydroxyl groups is 4. The molecule has 1 amide bonds. The molecule has 2 saturated heterocycles. The van der Waals surface area contributed by atoms with Gasteiger partial charge in [-0.1, -0.05) is 29.5 Å². The molecule has 11 rings (SSSR count). The molecule has 430 valence electrons. The zero-order valence-corrected chi connectivity index (χ0v) is 44.8. The van der Waals surface area contributed by atoms with E-state index in [1.807, 2.05) is 0 Å². The summed E-state index contributed by atoms with van der Waals surface area (Å²) in [5.74, 6) is -8.66. The third-order valence-corrected chi connectivity index (χ3v) is 16.9. The minimum Gasteiger partial charge on any atom is -0.507 e. The number of carbonyl (C=O) groups is 7. The van der Waals surface area contributed by atoms with Crippen LogP contribution in [0.15, 0.2) is 42.6 Å². The van der Waals surface area contributed by atoms with Gasteiger partial charge in [-0.15, -0.1) is 5.10 Å². The molecule has 25 heteroatoms. The first-order chi connectivity index (χ1) is 38.8. The Labute approximate surface area is 464 Å². The number of nitrogens with one attached hydrogen (secondary N) is 1. The summed E-state index contributed by atoms with van der Waals surface area (Å²) in [6.07, 6.45) is -12.1. The molecule has 2 aliphatic heterocycles. The van der Waals surface area contributed by atoms with E-state index in [0.29, 0.717) is 0 Å². The van der Waals surface area contributed by atoms with Crippen LogP contribution in [0.3, 0.4) is 0 Å². The molecule has 0 saturated carbocycles. The van der Waals surface area contributed by atoms with E-state index in [0.717, 1.165) is 13.8 Å². The van der Waals surface area contributed by atoms with E-state index in [1.165, 1.54) is 75.3 Å². The van der Waals surface area contributed by atoms with E-state index in [9.17, 15) is 74.4 Å². The van der Waals surface area contributed by atoms with Gasteiger partial charge in [0.1, 0.15) is 57.9 Å². The molecule has 4 aromatic carbocycles. The Morgan fingerprint density at radius 1 is 0.634 bits per heavy atom. The van der Waals surface area contributed by atoms with Crippen molar-refractivity contribution in [2.75, 3.05) is 14.2 Å². The fraction of sp³-hybridized carbons (Fsp3) is 0.421. The number of methoxy groups -OCH3 is 2. The number of hydrogen-bond donors (Lipinski definition) is 9. The zero-order valence-electron chi connectivity index (χ0n) is 44.8. The van der Waals surface area contributed by atoms with Crippen LogP contribution < -0.4 is 14.8 Å². The average molecular weight is 1130 g/mol. The number of ketones is 6. The number of amides is 1. The van der Waals surface area contributed by atoms with Gasteiger partial charge in [-0.05, 0) is 39.8 Å². The summed E-state index contributed by atoms with van der Waals surface area (Å²) in [5.41, 5.74) is -8.33. The zero-order chi connectivity index (χ0) is 58.9. The molecule has 1 aromatic heterocycles. The molecule has 5 aromatic rings. The van der Waals surface area contributed by atoms with Crippen LogP contribution in [0.4, 0.5) is 0 Å². The van der Waals surface area contributed by atoms with Crippen LogP contribution >= 0.6 is 0 Å². The monoisotopic (exact) mass is 1130 g/mol. The number of nitrogens with zero attached hydrogens (tertiary/aromatic N) is 3. The lowest BCUT2D eigenvalue weighted by Gasteiger charge is -2.42. The summed E-state index contributed by atoms with van der Waals surface area (Å²) in [5, 5.41) is 105. The molecule has 4 aliphatic carbocycles. The van der Waals surface area contributed by atoms with Gasteiger partial charge in [-0.3, -0.25) is 33.6 Å². The van der Waals surface area contributed by atoms with E-state index in [4.69, 9.17) is 28.4 Å². The lowest BCUT2D eigenvalue weighted by atomic mass is 9.72. The van der Waals surface area contributed by atoms with Crippen LogP contribution in [0.5, 0.6) is 34.5 Å². The highest BCUT2D eigenvalue weighted by Crippen LogP contribution is 2.55. The molecule has 6 aliphatic rings. The smallest absolute Gasteiger partial charge is 0.273 e. The first kappa shape index (κ1) is 55.9. The largest absolute Gasteiger partial charge is 0.507 e. The number of phenolic OH excluding ortho intramolecular Hbond substituents is 4. The molecular formula is C57H56N4O21. The van der Waals surface area contributed by atoms with Crippen molar-refractivity contribution >= 4 is 40.6 Å². The molecule has 9 N–H and O–H groups in total. The predicted molar refractivity (Wildman–Crippen MR) is 275 cm³/mol. The van der Waals surface area contributed by atoms with Gasteiger partial charge in [-0.25, -0.2) is 4.68 Å². The van der Waals surface area contributed by atoms with Crippen molar-refractivity contribution in [3.63, 3.8) is 0 Å². The highest BCUT2D eigenvalue weighted by Gasteiger charge is 2.52. The van der Waals surface area contributed by atoms with E-state index in [1.54, 1.807) is 0 Å². The molecule has 12 atom stereocenters. The third kappa shape index (κ3) is 8.63. The topological polar surface area (TPSA) is 379 Å². The maximum absolute atomic E-state index is 14.2. The predicted octanol–water partition coefficient (Wildman–Crippen LogP) is 2.35. The number of aromatic nitrogens is 3. The molecule has 82 heavy (non-hydrogen) atoms. The van der Waals surface area contributed by atoms with Crippen LogP contribution in [-0.2, 0) is 41.4 Å². The van der Waals surface area contributed by atoms with Gasteiger partial charge >= 0.3 is 0 Å². The second-order valence-corrected chi connectivity index (χ2v) is 21.7. The minimum atomic E-state index is -2.22. The Hall–Kier alpha value is -8.01. The molecule has 2 fully saturated rings. The molecular weight excluding hydrogens is 1080 g/mol. The summed E-state index contributed by atoms with van der Waals surface area (Å²) < 4.78 is 36.7. The fourth-order valence-electron chi connectivity index (χ4n) is 12.4. The average Bonchev–Trinajstić information content (AvgIpc) is 1.16. The number of fused-ring (bicyclic) bond motifs is 6. The Balaban J connectivity index is 0.835. The van der Waals surface area contributed by atoms with E-state index in [-0.39, 0.29) is 74.5 Å². The summed E-state index contributed by atoms with van der Waals surface area (Å²) >= 11 is 0. The van der Waals surface area contributed by atoms with Crippen molar-refractivity contribution in [1.82, 2.24) is 20.3 Å². The third-order valence-electron chi connectivity index (χ3n) is 16.9. The van der Waals surface area contributed by atoms with Crippen LogP contribution in [0.25, 0.3) is 0 Å². The second-order valence-electron chi connectivity index (χ2n) is 21.7. The number of hydrogen-bond acceptors (Lipinski definition) is 23. The molecule has 25 nitrogen and oxygen atoms in total. The van der Waals surface area contributed by atoms with Gasteiger partial charge in [0.25, 0.3) is 5.91 Å². The maximum atomic E-state index is 14.2. The fourth-order valence-corrected chi connectivity index (χ4v) is 12.4. The Bertz CT molecular complexity index is 3630. The van der Waals surface area contributed by atoms with Gasteiger partial charge in [-0.2, -0.15) is 0 Å². The normalized spacial score (nSPS) is 29.1. The number of rotatable bonds is 11. The van der Waals surface area contributed by atoms with Crippen LogP contribution in [-0.4, -0.2) is 165 Å². The number of carbonyl (C=O) groups excluding carboxylic acids is 7. The van der Waals surface area contributed by atoms with Crippen LogP contribution in [0.1, 0.15) is 168 Å². The number of phenols is 4. The summed E-state index contributed by atoms with van der Waals surface area (Å²) in [6.45, 7) is 5.19. The first-order valence-electron chi connectivity index (χ1n) is 26.2. The lowest BCUT2D eigenvalue weighted by molar-refractivity contribution is -0.255. The van der Waals surface area contributed by atoms with Gasteiger partial charge in [0.05, 0.1) is 90.3 Å². The number of aliphatic hydroxyl groups excluding tert-OH is 2. The summed E-state index contributed by atoms with van der Waals surface area (Å²) in [7, 11) is 2.58. The standard InChI is InChI=1S/C57H56N4O21/c1-20-45(64)28(13-35(79-20)81-33-17-56(75,22(3)62)15-26-39(33)53(72)43-41(49(26)68)47(66)24-9-7-11-31(77-5)37(24)51(43)70)58-55(74)29-19-61(60-59-29)30-14-36(80-21(2)46(30)65)82-34-18-57(76,23(4)63)16-27-40(34)54(73)44-42(50(27)69)48(67)25-10-8-12-32(78-6)38(25)52(44)71/h7-12,19-21,28,30,33-36,45-46,64-65,68-69,72-73,75-76H,13-18H2,1-6H3,(H,58,74)/t20-,21-,28-,30-,33-,34-,35-,36-,45+,46+,56-,57-/m0/s1. The summed E-state index contributed by atoms with van der Waals surface area (Å²) in [4.78, 5) is 96.3. The van der Waals surface area contributed by atoms with E-state index < -0.39 is 184 Å². The van der Waals surface area contributed by atoms with Gasteiger partial charge in [0.15, 0.2) is 41.4 Å². The van der Waals surface area contributed by atoms with Crippen molar-refractivity contribution in [3.05, 3.63) is 115 Å². The molecule has 0 radical (unpaired) electrons. The van der Waals surface area contributed by atoms with Crippen LogP contribution in [0, 0.1) is 0 Å². The van der Waals surface area contributed by atoms with Crippen molar-refractivity contribution in [2.24, 2.45) is 0 Å². The van der Waals surface area contributed by atoms with Crippen molar-refractivity contribution in [2.45, 2.75) is 139 Å². The lowest BCUT2D eigenvalue weighted by Crippen LogP contribution is -2.55. The highest BCUT2D eigenvalue weighted by atomic mass is 16.7. The molecule has 0 spiro atoms. The number of aromatic hydroxyl groups is 4. The minimum absolute atomic E-state index is 0.0278. The molecule has 3 heterocycles. The highest BCUT2D eigenvalue weighted by molar-refractivity contribution is 6.32. The second kappa shape index (κ2) is 20.2. The van der Waals surface area contributed by atoms with Crippen molar-refractivity contribution in [1.29, 1.82) is 0 Å². The van der Waals surface area contributed by atoms with Gasteiger partial charge in [0.2, 0.25) is 11.6 Å². The van der Waals surface area contributed by atoms with E-state index >= 15 is 0 Å². The Morgan fingerprint density at radius 3 is 1.52 bits per heavy atom. The van der Waals surface area contributed by atoms with Crippen molar-refractivity contribution in [3.8, 4) is 34.5 Å². The summed E-state index contributed by atoms with van der Waals surface area (Å²) in [6, 6.07) is 6.33. The molecule has 0 bridgehead atoms. The number of Topliss-reactive ketones (excluding diaryl/α,β-unsaturated/α-hetero) is 2. The van der Waals surface area contributed by atoms with Gasteiger partial charge in [0, 0.05) is 71.9 Å². The van der Waals surface area contributed by atoms with Crippen molar-refractivity contribution < 1.29 is 103 Å².